The van der Waals surface area contributed by atoms with E-state index in [1.807, 2.05) is 13.8 Å². The van der Waals surface area contributed by atoms with Crippen LogP contribution < -0.4 is 33.2 Å². The van der Waals surface area contributed by atoms with Gasteiger partial charge in [-0.15, -0.1) is 0 Å². The smallest absolute Gasteiger partial charge is 0.249 e. The first-order chi connectivity index (χ1) is 22.9. The van der Waals surface area contributed by atoms with Gasteiger partial charge in [0, 0.05) is 19.4 Å². The molecule has 4 bridgehead atoms. The highest BCUT2D eigenvalue weighted by Crippen LogP contribution is 2.60. The third-order valence-electron chi connectivity index (χ3n) is 10.8. The van der Waals surface area contributed by atoms with Crippen LogP contribution in [0.2, 0.25) is 0 Å². The molecule has 3 atom stereocenters. The molecule has 3 unspecified atom stereocenters. The van der Waals surface area contributed by atoms with Crippen LogP contribution in [-0.4, -0.2) is 58.2 Å². The molecule has 6 rings (SSSR count). The Morgan fingerprint density at radius 2 is 1.67 bits per heavy atom. The molecule has 4 fully saturated rings. The average molecular weight is 666 g/mol. The lowest BCUT2D eigenvalue weighted by Crippen LogP contribution is -2.53. The van der Waals surface area contributed by atoms with Crippen LogP contribution >= 0.6 is 0 Å². The molecular formula is C35H55N9O4. The van der Waals surface area contributed by atoms with Gasteiger partial charge >= 0.3 is 0 Å². The maximum Gasteiger partial charge on any atom is 0.249 e. The van der Waals surface area contributed by atoms with Crippen molar-refractivity contribution in [2.75, 3.05) is 13.1 Å². The van der Waals surface area contributed by atoms with Crippen LogP contribution in [0, 0.1) is 42.4 Å². The summed E-state index contributed by atoms with van der Waals surface area (Å²) in [6, 6.07) is 0.930. The second-order valence-electron chi connectivity index (χ2n) is 14.9. The third kappa shape index (κ3) is 9.04. The Bertz CT molecular complexity index is 1380. The number of phenols is 1. The summed E-state index contributed by atoms with van der Waals surface area (Å²) in [6.07, 6.45) is 11.8. The van der Waals surface area contributed by atoms with Crippen LogP contribution in [0.3, 0.4) is 0 Å². The first-order valence-electron chi connectivity index (χ1n) is 17.7. The average Bonchev–Trinajstić information content (AvgIpc) is 3.46. The van der Waals surface area contributed by atoms with Crippen LogP contribution in [0.25, 0.3) is 0 Å². The highest BCUT2D eigenvalue weighted by molar-refractivity contribution is 5.90. The number of nitrogens with one attached hydrogen (secondary N) is 4. The molecule has 0 saturated heterocycles. The number of guanidine groups is 1. The lowest BCUT2D eigenvalue weighted by molar-refractivity contribution is -0.130. The topological polar surface area (TPSA) is 231 Å². The molecule has 1 aromatic carbocycles. The number of aromatic hydroxyl groups is 1. The summed E-state index contributed by atoms with van der Waals surface area (Å²) in [7, 11) is 0. The Labute approximate surface area is 283 Å². The van der Waals surface area contributed by atoms with Crippen molar-refractivity contribution in [1.29, 1.82) is 5.41 Å². The number of rotatable bonds is 17. The standard InChI is InChI=1S/C35H55N9O4/c1-20-10-25(45)11-21(2)26(20)15-29(42-31(46)27(37)6-5-9-40-34(38)39)32(47)41-28(7-3-4-8-36)33-43-30(44-48-33)19-35-16-22-12-23(17-35)14-24(13-22)18-35/h10-11,22-24,27-29,45H,3-9,12-19,36-37H2,1-2H3,(H,41,47)(H,42,46)(H4,38,39,40). The number of aromatic nitrogens is 2. The number of carbonyl (C=O) groups is 2. The van der Waals surface area contributed by atoms with Gasteiger partial charge in [0.2, 0.25) is 17.7 Å². The highest BCUT2D eigenvalue weighted by atomic mass is 16.5. The second-order valence-corrected chi connectivity index (χ2v) is 14.9. The quantitative estimate of drug-likeness (QED) is 0.0699. The summed E-state index contributed by atoms with van der Waals surface area (Å²) in [5, 5.41) is 30.5. The van der Waals surface area contributed by atoms with Crippen molar-refractivity contribution in [2.24, 2.45) is 40.4 Å². The molecular weight excluding hydrogens is 610 g/mol. The number of nitrogens with two attached hydrogens (primary N) is 3. The minimum absolute atomic E-state index is 0.140. The van der Waals surface area contributed by atoms with Gasteiger partial charge in [0.25, 0.3) is 0 Å². The molecule has 0 aliphatic heterocycles. The Morgan fingerprint density at radius 1 is 1.02 bits per heavy atom. The van der Waals surface area contributed by atoms with Crippen molar-refractivity contribution in [3.63, 3.8) is 0 Å². The number of nitrogens with zero attached hydrogens (tertiary/aromatic N) is 2. The first-order valence-corrected chi connectivity index (χ1v) is 17.7. The molecule has 13 heteroatoms. The lowest BCUT2D eigenvalue weighted by atomic mass is 9.49. The highest BCUT2D eigenvalue weighted by Gasteiger charge is 2.51. The zero-order valence-electron chi connectivity index (χ0n) is 28.5. The van der Waals surface area contributed by atoms with Gasteiger partial charge in [-0.3, -0.25) is 15.0 Å². The molecule has 4 saturated carbocycles. The van der Waals surface area contributed by atoms with Gasteiger partial charge in [0.05, 0.1) is 6.04 Å². The van der Waals surface area contributed by atoms with E-state index in [0.717, 1.165) is 53.7 Å². The van der Waals surface area contributed by atoms with Gasteiger partial charge in [-0.25, -0.2) is 0 Å². The van der Waals surface area contributed by atoms with Gasteiger partial charge in [-0.1, -0.05) is 5.16 Å². The molecule has 264 valence electrons. The summed E-state index contributed by atoms with van der Waals surface area (Å²) in [5.74, 6) is 2.69. The van der Waals surface area contributed by atoms with E-state index in [1.54, 1.807) is 12.1 Å². The van der Waals surface area contributed by atoms with E-state index < -0.39 is 24.0 Å². The van der Waals surface area contributed by atoms with Crippen LogP contribution in [0.15, 0.2) is 16.7 Å². The van der Waals surface area contributed by atoms with Gasteiger partial charge < -0.3 is 42.8 Å². The monoisotopic (exact) mass is 665 g/mol. The van der Waals surface area contributed by atoms with E-state index in [4.69, 9.17) is 32.1 Å². The van der Waals surface area contributed by atoms with E-state index in [-0.39, 0.29) is 29.5 Å². The molecule has 2 aromatic rings. The van der Waals surface area contributed by atoms with Gasteiger partial charge in [0.15, 0.2) is 11.8 Å². The Morgan fingerprint density at radius 3 is 2.27 bits per heavy atom. The Balaban J connectivity index is 1.31. The van der Waals surface area contributed by atoms with Crippen molar-refractivity contribution in [2.45, 2.75) is 115 Å². The fourth-order valence-corrected chi connectivity index (χ4v) is 9.01. The molecule has 1 heterocycles. The normalized spacial score (nSPS) is 24.5. The number of benzene rings is 1. The van der Waals surface area contributed by atoms with Crippen molar-refractivity contribution in [3.05, 3.63) is 40.5 Å². The molecule has 13 nitrogen and oxygen atoms in total. The SMILES string of the molecule is Cc1cc(O)cc(C)c1CC(NC(=O)C(N)CCCNC(=N)N)C(=O)NC(CCCCN)c1nc(CC23CC4CC(CC(C4)C2)C3)no1. The van der Waals surface area contributed by atoms with Crippen LogP contribution in [0.1, 0.15) is 105 Å². The summed E-state index contributed by atoms with van der Waals surface area (Å²) in [6.45, 7) is 4.67. The third-order valence-corrected chi connectivity index (χ3v) is 10.8. The molecule has 11 N–H and O–H groups in total. The van der Waals surface area contributed by atoms with Crippen molar-refractivity contribution in [1.82, 2.24) is 26.1 Å². The lowest BCUT2D eigenvalue weighted by Gasteiger charge is -2.56. The Hall–Kier alpha value is -3.71. The minimum atomic E-state index is -0.952. The van der Waals surface area contributed by atoms with E-state index in [2.05, 4.69) is 21.1 Å². The van der Waals surface area contributed by atoms with E-state index >= 15 is 0 Å². The van der Waals surface area contributed by atoms with Crippen LogP contribution in [0.4, 0.5) is 0 Å². The number of unbranched alkanes of at least 4 members (excludes halogenated alkanes) is 1. The van der Waals surface area contributed by atoms with Crippen molar-refractivity contribution >= 4 is 17.8 Å². The predicted octanol–water partition coefficient (Wildman–Crippen LogP) is 2.76. The zero-order chi connectivity index (χ0) is 34.4. The van der Waals surface area contributed by atoms with Crippen LogP contribution in [-0.2, 0) is 22.4 Å². The van der Waals surface area contributed by atoms with Gasteiger partial charge in [-0.2, -0.15) is 4.98 Å². The number of hydrogen-bond acceptors (Lipinski definition) is 9. The summed E-state index contributed by atoms with van der Waals surface area (Å²) in [4.78, 5) is 32.2. The molecule has 0 radical (unpaired) electrons. The molecule has 0 spiro atoms. The molecule has 4 aliphatic rings. The molecule has 2 amide bonds. The molecule has 4 aliphatic carbocycles. The van der Waals surface area contributed by atoms with Crippen molar-refractivity contribution in [3.8, 4) is 5.75 Å². The summed E-state index contributed by atoms with van der Waals surface area (Å²) in [5.41, 5.74) is 20.1. The van der Waals surface area contributed by atoms with Gasteiger partial charge in [0.1, 0.15) is 17.8 Å². The van der Waals surface area contributed by atoms with E-state index in [1.165, 1.54) is 38.5 Å². The molecule has 48 heavy (non-hydrogen) atoms. The largest absolute Gasteiger partial charge is 0.508 e. The predicted molar refractivity (Wildman–Crippen MR) is 183 cm³/mol. The van der Waals surface area contributed by atoms with Crippen molar-refractivity contribution < 1.29 is 19.2 Å². The fourth-order valence-electron chi connectivity index (χ4n) is 9.01. The zero-order valence-corrected chi connectivity index (χ0v) is 28.5. The van der Waals surface area contributed by atoms with Crippen LogP contribution in [0.5, 0.6) is 5.75 Å². The molecule has 1 aromatic heterocycles. The maximum absolute atomic E-state index is 14.1. The maximum atomic E-state index is 14.1. The Kier molecular flexibility index (Phi) is 11.6. The number of aryl methyl sites for hydroxylation is 2. The fraction of sp³-hybridized carbons (Fsp3) is 0.686. The number of phenolic OH excluding ortho intramolecular Hbond substituents is 1. The summed E-state index contributed by atoms with van der Waals surface area (Å²) >= 11 is 0. The van der Waals surface area contributed by atoms with E-state index in [0.29, 0.717) is 44.1 Å². The van der Waals surface area contributed by atoms with E-state index in [9.17, 15) is 14.7 Å². The first kappa shape index (κ1) is 35.6. The summed E-state index contributed by atoms with van der Waals surface area (Å²) < 4.78 is 5.84. The number of hydrogen-bond donors (Lipinski definition) is 8. The second kappa shape index (κ2) is 15.7. The van der Waals surface area contributed by atoms with Gasteiger partial charge in [-0.05, 0) is 143 Å². The minimum Gasteiger partial charge on any atom is -0.508 e. The number of amides is 2. The number of carbonyl (C=O) groups excluding carboxylic acids is 2.